The van der Waals surface area contributed by atoms with E-state index in [1.807, 2.05) is 4.90 Å². The number of carbonyl (C=O) groups is 1. The lowest BCUT2D eigenvalue weighted by Crippen LogP contribution is -2.22. The van der Waals surface area contributed by atoms with Crippen molar-refractivity contribution in [3.8, 4) is 5.69 Å². The van der Waals surface area contributed by atoms with Gasteiger partial charge in [0.2, 0.25) is 0 Å². The van der Waals surface area contributed by atoms with Gasteiger partial charge < -0.3 is 10.2 Å². The lowest BCUT2D eigenvalue weighted by Gasteiger charge is -2.23. The maximum absolute atomic E-state index is 14.1. The number of benzene rings is 2. The number of hydrogen-bond acceptors (Lipinski definition) is 3. The molecule has 1 fully saturated rings. The van der Waals surface area contributed by atoms with Crippen LogP contribution in [0.4, 0.5) is 28.9 Å². The van der Waals surface area contributed by atoms with Gasteiger partial charge in [-0.15, -0.1) is 0 Å². The van der Waals surface area contributed by atoms with Crippen molar-refractivity contribution in [2.24, 2.45) is 0 Å². The minimum atomic E-state index is -4.53. The Morgan fingerprint density at radius 2 is 1.77 bits per heavy atom. The first-order valence-electron chi connectivity index (χ1n) is 9.83. The maximum Gasteiger partial charge on any atom is 0.416 e. The summed E-state index contributed by atoms with van der Waals surface area (Å²) in [5, 5.41) is 6.70. The average molecular weight is 432 g/mol. The lowest BCUT2D eigenvalue weighted by atomic mass is 10.1. The monoisotopic (exact) mass is 432 g/mol. The Morgan fingerprint density at radius 1 is 1.06 bits per heavy atom. The first-order chi connectivity index (χ1) is 14.8. The molecule has 1 aliphatic heterocycles. The largest absolute Gasteiger partial charge is 0.416 e. The molecule has 4 rings (SSSR count). The molecule has 1 N–H and O–H groups in total. The Hall–Kier alpha value is -3.36. The van der Waals surface area contributed by atoms with Crippen molar-refractivity contribution < 1.29 is 22.4 Å². The molecule has 31 heavy (non-hydrogen) atoms. The Morgan fingerprint density at radius 3 is 2.45 bits per heavy atom. The van der Waals surface area contributed by atoms with Crippen molar-refractivity contribution >= 4 is 17.3 Å². The van der Waals surface area contributed by atoms with E-state index in [4.69, 9.17) is 0 Å². The fraction of sp³-hybridized carbons (Fsp3) is 0.273. The molecular formula is C22H20F4N4O. The number of amides is 1. The normalized spacial score (nSPS) is 14.2. The molecule has 3 aromatic rings. The van der Waals surface area contributed by atoms with E-state index in [0.717, 1.165) is 25.0 Å². The highest BCUT2D eigenvalue weighted by Gasteiger charge is 2.32. The van der Waals surface area contributed by atoms with E-state index in [1.54, 1.807) is 19.1 Å². The molecule has 0 aliphatic carbocycles. The van der Waals surface area contributed by atoms with Gasteiger partial charge in [-0.1, -0.05) is 12.1 Å². The summed E-state index contributed by atoms with van der Waals surface area (Å²) in [6.45, 7) is 3.01. The summed E-state index contributed by atoms with van der Waals surface area (Å²) in [4.78, 5) is 14.9. The van der Waals surface area contributed by atoms with Gasteiger partial charge in [-0.25, -0.2) is 9.07 Å². The van der Waals surface area contributed by atoms with Crippen LogP contribution < -0.4 is 10.2 Å². The van der Waals surface area contributed by atoms with Crippen molar-refractivity contribution in [2.75, 3.05) is 23.3 Å². The number of halogens is 4. The van der Waals surface area contributed by atoms with Crippen LogP contribution in [0.1, 0.15) is 34.5 Å². The van der Waals surface area contributed by atoms with Gasteiger partial charge in [0.15, 0.2) is 0 Å². The van der Waals surface area contributed by atoms with Crippen LogP contribution in [-0.2, 0) is 6.18 Å². The van der Waals surface area contributed by atoms with Gasteiger partial charge in [-0.3, -0.25) is 4.79 Å². The number of para-hydroxylation sites is 1. The molecule has 2 aromatic carbocycles. The van der Waals surface area contributed by atoms with E-state index in [0.29, 0.717) is 24.5 Å². The smallest absolute Gasteiger partial charge is 0.370 e. The van der Waals surface area contributed by atoms with Gasteiger partial charge in [0.25, 0.3) is 5.91 Å². The van der Waals surface area contributed by atoms with Gasteiger partial charge in [-0.05, 0) is 50.1 Å². The number of anilines is 2. The third-order valence-corrected chi connectivity index (χ3v) is 5.35. The van der Waals surface area contributed by atoms with Crippen LogP contribution in [0.15, 0.2) is 48.7 Å². The molecule has 0 unspecified atom stereocenters. The Bertz CT molecular complexity index is 1120. The van der Waals surface area contributed by atoms with Gasteiger partial charge >= 0.3 is 6.18 Å². The lowest BCUT2D eigenvalue weighted by molar-refractivity contribution is -0.137. The first kappa shape index (κ1) is 20.9. The van der Waals surface area contributed by atoms with Gasteiger partial charge in [0.05, 0.1) is 34.4 Å². The van der Waals surface area contributed by atoms with Crippen molar-refractivity contribution in [3.63, 3.8) is 0 Å². The minimum absolute atomic E-state index is 0.0831. The minimum Gasteiger partial charge on any atom is -0.370 e. The average Bonchev–Trinajstić information content (AvgIpc) is 3.38. The second-order valence-corrected chi connectivity index (χ2v) is 7.38. The Labute approximate surface area is 176 Å². The van der Waals surface area contributed by atoms with Crippen LogP contribution in [0.25, 0.3) is 5.69 Å². The topological polar surface area (TPSA) is 50.2 Å². The molecule has 0 atom stereocenters. The summed E-state index contributed by atoms with van der Waals surface area (Å²) in [6.07, 6.45) is -1.39. The molecule has 0 radical (unpaired) electrons. The third kappa shape index (κ3) is 4.12. The molecule has 0 spiro atoms. The van der Waals surface area contributed by atoms with E-state index < -0.39 is 23.5 Å². The van der Waals surface area contributed by atoms with E-state index in [1.165, 1.54) is 29.1 Å². The highest BCUT2D eigenvalue weighted by atomic mass is 19.4. The summed E-state index contributed by atoms with van der Waals surface area (Å²) < 4.78 is 55.2. The summed E-state index contributed by atoms with van der Waals surface area (Å²) >= 11 is 0. The number of aromatic nitrogens is 2. The van der Waals surface area contributed by atoms with Crippen LogP contribution in [-0.4, -0.2) is 28.8 Å². The zero-order chi connectivity index (χ0) is 22.2. The van der Waals surface area contributed by atoms with Crippen LogP contribution in [0.5, 0.6) is 0 Å². The second kappa shape index (κ2) is 8.05. The van der Waals surface area contributed by atoms with Crippen molar-refractivity contribution in [3.05, 3.63) is 71.3 Å². The van der Waals surface area contributed by atoms with Crippen LogP contribution in [0.2, 0.25) is 0 Å². The molecule has 5 nitrogen and oxygen atoms in total. The predicted molar refractivity (Wildman–Crippen MR) is 109 cm³/mol. The maximum atomic E-state index is 14.1. The number of nitrogens with zero attached hydrogens (tertiary/aromatic N) is 3. The van der Waals surface area contributed by atoms with E-state index in [9.17, 15) is 22.4 Å². The molecule has 1 aliphatic rings. The summed E-state index contributed by atoms with van der Waals surface area (Å²) in [6, 6.07) is 9.34. The highest BCUT2D eigenvalue weighted by Crippen LogP contribution is 2.36. The van der Waals surface area contributed by atoms with Crippen LogP contribution in [0.3, 0.4) is 0 Å². The summed E-state index contributed by atoms with van der Waals surface area (Å²) in [5.41, 5.74) is 0.475. The van der Waals surface area contributed by atoms with Crippen molar-refractivity contribution in [1.82, 2.24) is 9.78 Å². The van der Waals surface area contributed by atoms with Gasteiger partial charge in [-0.2, -0.15) is 18.3 Å². The molecular weight excluding hydrogens is 412 g/mol. The zero-order valence-corrected chi connectivity index (χ0v) is 16.7. The first-order valence-corrected chi connectivity index (χ1v) is 9.83. The molecule has 162 valence electrons. The van der Waals surface area contributed by atoms with Crippen LogP contribution in [0, 0.1) is 12.7 Å². The predicted octanol–water partition coefficient (Wildman–Crippen LogP) is 5.19. The molecule has 1 aromatic heterocycles. The zero-order valence-electron chi connectivity index (χ0n) is 16.7. The molecule has 2 heterocycles. The van der Waals surface area contributed by atoms with Crippen LogP contribution >= 0.6 is 0 Å². The van der Waals surface area contributed by atoms with Crippen molar-refractivity contribution in [1.29, 1.82) is 0 Å². The fourth-order valence-corrected chi connectivity index (χ4v) is 3.73. The van der Waals surface area contributed by atoms with Gasteiger partial charge in [0, 0.05) is 13.1 Å². The number of nitrogens with one attached hydrogen (secondary N) is 1. The summed E-state index contributed by atoms with van der Waals surface area (Å²) in [7, 11) is 0. The number of carbonyl (C=O) groups excluding carboxylic acids is 1. The third-order valence-electron chi connectivity index (χ3n) is 5.35. The quantitative estimate of drug-likeness (QED) is 0.577. The Balaban J connectivity index is 1.68. The van der Waals surface area contributed by atoms with Crippen molar-refractivity contribution in [2.45, 2.75) is 25.9 Å². The highest BCUT2D eigenvalue weighted by molar-refractivity contribution is 6.06. The van der Waals surface area contributed by atoms with Gasteiger partial charge in [0.1, 0.15) is 11.5 Å². The summed E-state index contributed by atoms with van der Waals surface area (Å²) in [5.74, 6) is -1.12. The Kier molecular flexibility index (Phi) is 5.43. The molecule has 0 saturated carbocycles. The standard InChI is InChI=1S/C22H20F4N4O/c1-14-16(13-27-30(14)19-7-3-2-6-17(19)23)21(31)28-18-12-15(22(24,25)26)8-9-20(18)29-10-4-5-11-29/h2-3,6-9,12-13H,4-5,10-11H2,1H3,(H,28,31). The number of hydrogen-bond donors (Lipinski definition) is 1. The second-order valence-electron chi connectivity index (χ2n) is 7.38. The number of alkyl halides is 3. The fourth-order valence-electron chi connectivity index (χ4n) is 3.73. The van der Waals surface area contributed by atoms with E-state index in [2.05, 4.69) is 10.4 Å². The molecule has 0 bridgehead atoms. The van der Waals surface area contributed by atoms with E-state index >= 15 is 0 Å². The SMILES string of the molecule is Cc1c(C(=O)Nc2cc(C(F)(F)F)ccc2N2CCCC2)cnn1-c1ccccc1F. The number of rotatable bonds is 4. The van der Waals surface area contributed by atoms with E-state index in [-0.39, 0.29) is 16.9 Å². The molecule has 9 heteroatoms. The molecule has 1 amide bonds. The molecule has 1 saturated heterocycles.